The van der Waals surface area contributed by atoms with Crippen LogP contribution >= 0.6 is 0 Å². The van der Waals surface area contributed by atoms with Gasteiger partial charge in [0, 0.05) is 26.2 Å². The molecule has 6 heteroatoms. The molecule has 3 N–H and O–H groups in total. The number of nitrogens with zero attached hydrogens (tertiary/aromatic N) is 1. The summed E-state index contributed by atoms with van der Waals surface area (Å²) in [6.45, 7) is 4.67. The lowest BCUT2D eigenvalue weighted by molar-refractivity contribution is -0.130. The number of methoxy groups -OCH3 is 1. The average molecular weight is 281 g/mol. The van der Waals surface area contributed by atoms with E-state index in [0.29, 0.717) is 18.7 Å². The summed E-state index contributed by atoms with van der Waals surface area (Å²) in [6.07, 6.45) is 0. The Labute approximate surface area is 117 Å². The fraction of sp³-hybridized carbons (Fsp3) is 0.500. The highest BCUT2D eigenvalue weighted by Gasteiger charge is 2.40. The lowest BCUT2D eigenvalue weighted by atomic mass is 9.88. The molecule has 1 aliphatic rings. The van der Waals surface area contributed by atoms with Gasteiger partial charge in [-0.2, -0.15) is 0 Å². The molecule has 0 aliphatic carbocycles. The Bertz CT molecular complexity index is 503. The van der Waals surface area contributed by atoms with Crippen molar-refractivity contribution in [2.75, 3.05) is 33.3 Å². The quantitative estimate of drug-likeness (QED) is 0.840. The second-order valence-electron chi connectivity index (χ2n) is 5.02. The van der Waals surface area contributed by atoms with E-state index in [2.05, 4.69) is 5.32 Å². The number of hydrogen-bond donors (Lipinski definition) is 2. The molecule has 0 spiro atoms. The molecule has 1 aliphatic heterocycles. The molecule has 0 saturated carbocycles. The van der Waals surface area contributed by atoms with Gasteiger partial charge >= 0.3 is 0 Å². The van der Waals surface area contributed by atoms with Gasteiger partial charge in [-0.3, -0.25) is 9.69 Å². The van der Waals surface area contributed by atoms with Crippen molar-refractivity contribution in [1.82, 2.24) is 10.2 Å². The number of benzene rings is 1. The highest BCUT2D eigenvalue weighted by Crippen LogP contribution is 2.31. The molecule has 1 heterocycles. The molecule has 1 aromatic carbocycles. The second-order valence-corrected chi connectivity index (χ2v) is 5.02. The molecule has 2 rings (SSSR count). The predicted octanol–water partition coefficient (Wildman–Crippen LogP) is 0.440. The maximum atomic E-state index is 13.9. The Hall–Kier alpha value is -1.66. The van der Waals surface area contributed by atoms with E-state index in [0.717, 1.165) is 13.1 Å². The molecule has 1 saturated heterocycles. The van der Waals surface area contributed by atoms with E-state index in [1.807, 2.05) is 4.90 Å². The van der Waals surface area contributed by atoms with Gasteiger partial charge in [-0.25, -0.2) is 4.39 Å². The highest BCUT2D eigenvalue weighted by atomic mass is 19.1. The van der Waals surface area contributed by atoms with Gasteiger partial charge in [-0.05, 0) is 24.6 Å². The Kier molecular flexibility index (Phi) is 4.25. The minimum absolute atomic E-state index is 0.154. The molecule has 110 valence electrons. The van der Waals surface area contributed by atoms with Gasteiger partial charge in [0.1, 0.15) is 5.54 Å². The summed E-state index contributed by atoms with van der Waals surface area (Å²) in [4.78, 5) is 14.0. The molecule has 1 atom stereocenters. The number of amides is 1. The van der Waals surface area contributed by atoms with Crippen LogP contribution in [0.1, 0.15) is 12.5 Å². The zero-order chi connectivity index (χ0) is 14.8. The van der Waals surface area contributed by atoms with Gasteiger partial charge in [-0.15, -0.1) is 0 Å². The van der Waals surface area contributed by atoms with Gasteiger partial charge in [0.05, 0.1) is 7.11 Å². The van der Waals surface area contributed by atoms with Crippen LogP contribution in [-0.4, -0.2) is 44.1 Å². The summed E-state index contributed by atoms with van der Waals surface area (Å²) in [5.41, 5.74) is 5.13. The van der Waals surface area contributed by atoms with E-state index < -0.39 is 17.3 Å². The van der Waals surface area contributed by atoms with E-state index in [1.165, 1.54) is 19.2 Å². The van der Waals surface area contributed by atoms with E-state index in [9.17, 15) is 9.18 Å². The van der Waals surface area contributed by atoms with Crippen LogP contribution in [0.4, 0.5) is 4.39 Å². The molecule has 1 aromatic rings. The van der Waals surface area contributed by atoms with E-state index in [4.69, 9.17) is 10.5 Å². The fourth-order valence-electron chi connectivity index (χ4n) is 2.56. The van der Waals surface area contributed by atoms with Crippen LogP contribution in [0, 0.1) is 5.82 Å². The van der Waals surface area contributed by atoms with Gasteiger partial charge < -0.3 is 15.8 Å². The van der Waals surface area contributed by atoms with Crippen molar-refractivity contribution in [3.05, 3.63) is 29.6 Å². The molecular formula is C14H20FN3O2. The summed E-state index contributed by atoms with van der Waals surface area (Å²) in [6, 6.07) is 4.54. The molecule has 0 aromatic heterocycles. The Morgan fingerprint density at radius 3 is 2.60 bits per heavy atom. The highest BCUT2D eigenvalue weighted by molar-refractivity contribution is 5.85. The summed E-state index contributed by atoms with van der Waals surface area (Å²) in [5.74, 6) is -0.822. The van der Waals surface area contributed by atoms with Gasteiger partial charge in [0.15, 0.2) is 11.6 Å². The minimum atomic E-state index is -1.02. The van der Waals surface area contributed by atoms with Crippen LogP contribution in [0.25, 0.3) is 0 Å². The normalized spacial score (nSPS) is 19.4. The van der Waals surface area contributed by atoms with Crippen LogP contribution in [0.15, 0.2) is 18.2 Å². The number of carbonyl (C=O) groups excluding carboxylic acids is 1. The smallest absolute Gasteiger partial charge is 0.242 e. The van der Waals surface area contributed by atoms with Crippen molar-refractivity contribution in [3.8, 4) is 5.75 Å². The Morgan fingerprint density at radius 2 is 2.10 bits per heavy atom. The third kappa shape index (κ3) is 2.48. The number of hydrogen-bond acceptors (Lipinski definition) is 4. The maximum Gasteiger partial charge on any atom is 0.242 e. The first kappa shape index (κ1) is 14.7. The van der Waals surface area contributed by atoms with Crippen molar-refractivity contribution in [1.29, 1.82) is 0 Å². The molecule has 1 amide bonds. The number of halogens is 1. The summed E-state index contributed by atoms with van der Waals surface area (Å²) in [7, 11) is 1.40. The summed E-state index contributed by atoms with van der Waals surface area (Å²) in [5, 5.41) is 3.22. The van der Waals surface area contributed by atoms with E-state index >= 15 is 0 Å². The predicted molar refractivity (Wildman–Crippen MR) is 73.9 cm³/mol. The zero-order valence-corrected chi connectivity index (χ0v) is 11.8. The lowest BCUT2D eigenvalue weighted by Gasteiger charge is -2.41. The standard InChI is InChI=1S/C14H20FN3O2/c1-14(13(16)19,18-7-5-17-6-8-18)10-3-4-12(20-2)11(15)9-10/h3-4,9,17H,5-8H2,1-2H3,(H2,16,19). The first-order chi connectivity index (χ1) is 9.50. The number of piperazine rings is 1. The summed E-state index contributed by atoms with van der Waals surface area (Å²) < 4.78 is 18.8. The van der Waals surface area contributed by atoms with E-state index in [-0.39, 0.29) is 5.75 Å². The van der Waals surface area contributed by atoms with Gasteiger partial charge in [0.2, 0.25) is 5.91 Å². The number of carbonyl (C=O) groups is 1. The number of nitrogens with one attached hydrogen (secondary N) is 1. The van der Waals surface area contributed by atoms with Crippen molar-refractivity contribution in [2.45, 2.75) is 12.5 Å². The third-order valence-electron chi connectivity index (χ3n) is 3.94. The topological polar surface area (TPSA) is 67.6 Å². The third-order valence-corrected chi connectivity index (χ3v) is 3.94. The molecule has 1 unspecified atom stereocenters. The molecule has 20 heavy (non-hydrogen) atoms. The molecule has 0 radical (unpaired) electrons. The number of ether oxygens (including phenoxy) is 1. The number of primary amides is 1. The van der Waals surface area contributed by atoms with Gasteiger partial charge in [0.25, 0.3) is 0 Å². The van der Waals surface area contributed by atoms with Crippen LogP contribution in [0.3, 0.4) is 0 Å². The first-order valence-corrected chi connectivity index (χ1v) is 6.60. The van der Waals surface area contributed by atoms with Crippen LogP contribution in [-0.2, 0) is 10.3 Å². The number of nitrogens with two attached hydrogens (primary N) is 1. The van der Waals surface area contributed by atoms with Crippen LogP contribution in [0.2, 0.25) is 0 Å². The Balaban J connectivity index is 2.41. The lowest BCUT2D eigenvalue weighted by Crippen LogP contribution is -2.58. The molecule has 1 fully saturated rings. The molecule has 0 bridgehead atoms. The van der Waals surface area contributed by atoms with Crippen molar-refractivity contribution in [2.24, 2.45) is 5.73 Å². The molecular weight excluding hydrogens is 261 g/mol. The van der Waals surface area contributed by atoms with Crippen LogP contribution < -0.4 is 15.8 Å². The van der Waals surface area contributed by atoms with E-state index in [1.54, 1.807) is 13.0 Å². The first-order valence-electron chi connectivity index (χ1n) is 6.60. The van der Waals surface area contributed by atoms with Crippen molar-refractivity contribution >= 4 is 5.91 Å². The largest absolute Gasteiger partial charge is 0.494 e. The zero-order valence-electron chi connectivity index (χ0n) is 11.8. The maximum absolute atomic E-state index is 13.9. The van der Waals surface area contributed by atoms with Crippen LogP contribution in [0.5, 0.6) is 5.75 Å². The monoisotopic (exact) mass is 281 g/mol. The minimum Gasteiger partial charge on any atom is -0.494 e. The summed E-state index contributed by atoms with van der Waals surface area (Å²) >= 11 is 0. The SMILES string of the molecule is COc1ccc(C(C)(C(N)=O)N2CCNCC2)cc1F. The van der Waals surface area contributed by atoms with Gasteiger partial charge in [-0.1, -0.05) is 6.07 Å². The average Bonchev–Trinajstić information content (AvgIpc) is 2.47. The fourth-order valence-corrected chi connectivity index (χ4v) is 2.56. The van der Waals surface area contributed by atoms with Crippen molar-refractivity contribution < 1.29 is 13.9 Å². The Morgan fingerprint density at radius 1 is 1.45 bits per heavy atom. The van der Waals surface area contributed by atoms with Crippen molar-refractivity contribution in [3.63, 3.8) is 0 Å². The second kappa shape index (κ2) is 5.76. The molecule has 5 nitrogen and oxygen atoms in total. The number of rotatable bonds is 4.